The second-order valence-corrected chi connectivity index (χ2v) is 5.10. The van der Waals surface area contributed by atoms with Crippen LogP contribution in [-0.2, 0) is 0 Å². The molecule has 3 aromatic rings. The molecule has 4 N–H and O–H groups in total. The first kappa shape index (κ1) is 19.4. The van der Waals surface area contributed by atoms with Crippen LogP contribution in [0.2, 0.25) is 0 Å². The van der Waals surface area contributed by atoms with Gasteiger partial charge in [-0.25, -0.2) is 18.6 Å². The van der Waals surface area contributed by atoms with Crippen LogP contribution in [0, 0.1) is 11.6 Å². The molecule has 1 amide bonds. The Bertz CT molecular complexity index is 952. The molecular formula is C18H14F2N4O3. The van der Waals surface area contributed by atoms with Crippen LogP contribution in [0.3, 0.4) is 0 Å². The van der Waals surface area contributed by atoms with Crippen LogP contribution in [0.25, 0.3) is 0 Å². The number of benzene rings is 1. The van der Waals surface area contributed by atoms with Crippen molar-refractivity contribution >= 4 is 23.4 Å². The van der Waals surface area contributed by atoms with Gasteiger partial charge in [0.25, 0.3) is 0 Å². The predicted molar refractivity (Wildman–Crippen MR) is 93.6 cm³/mol. The number of carboxylic acid groups (broad SMARTS) is 1. The minimum absolute atomic E-state index is 0.0468. The predicted octanol–water partition coefficient (Wildman–Crippen LogP) is 2.98. The van der Waals surface area contributed by atoms with Crippen LogP contribution in [0.15, 0.2) is 61.1 Å². The molecule has 138 valence electrons. The maximum Gasteiger partial charge on any atom is 0.339 e. The zero-order valence-corrected chi connectivity index (χ0v) is 13.8. The fourth-order valence-corrected chi connectivity index (χ4v) is 1.91. The molecule has 0 saturated carbocycles. The van der Waals surface area contributed by atoms with Crippen LogP contribution < -0.4 is 11.1 Å². The van der Waals surface area contributed by atoms with Crippen LogP contribution in [-0.4, -0.2) is 27.0 Å². The third-order valence-corrected chi connectivity index (χ3v) is 3.12. The van der Waals surface area contributed by atoms with E-state index in [9.17, 15) is 18.4 Å². The molecule has 3 rings (SSSR count). The fraction of sp³-hybridized carbons (Fsp3) is 0. The van der Waals surface area contributed by atoms with Crippen LogP contribution in [0.1, 0.15) is 20.7 Å². The number of aromatic nitrogens is 2. The van der Waals surface area contributed by atoms with E-state index in [0.29, 0.717) is 11.3 Å². The van der Waals surface area contributed by atoms with Crippen LogP contribution in [0.4, 0.5) is 20.3 Å². The molecule has 2 aromatic heterocycles. The Balaban J connectivity index is 0.000000244. The molecule has 27 heavy (non-hydrogen) atoms. The van der Waals surface area contributed by atoms with E-state index in [4.69, 9.17) is 10.8 Å². The highest BCUT2D eigenvalue weighted by Crippen LogP contribution is 2.20. The molecule has 0 bridgehead atoms. The number of aromatic carboxylic acids is 1. The van der Waals surface area contributed by atoms with Gasteiger partial charge in [-0.2, -0.15) is 0 Å². The van der Waals surface area contributed by atoms with Gasteiger partial charge in [0.1, 0.15) is 23.0 Å². The van der Waals surface area contributed by atoms with Gasteiger partial charge in [0, 0.05) is 18.1 Å². The third-order valence-electron chi connectivity index (χ3n) is 3.12. The smallest absolute Gasteiger partial charge is 0.339 e. The summed E-state index contributed by atoms with van der Waals surface area (Å²) < 4.78 is 25.9. The van der Waals surface area contributed by atoms with Crippen molar-refractivity contribution in [2.75, 3.05) is 5.32 Å². The number of hydrogen-bond donors (Lipinski definition) is 3. The van der Waals surface area contributed by atoms with E-state index in [-0.39, 0.29) is 11.4 Å². The van der Waals surface area contributed by atoms with E-state index in [1.54, 1.807) is 24.4 Å². The fourth-order valence-electron chi connectivity index (χ4n) is 1.91. The van der Waals surface area contributed by atoms with Crippen molar-refractivity contribution in [1.29, 1.82) is 0 Å². The number of carboxylic acids is 1. The SMILES string of the molecule is NC(=O)c1cccnc1.O=C(O)c1cc(F)cnc1Nc1cccc(F)c1. The molecule has 0 aliphatic rings. The molecule has 0 fully saturated rings. The monoisotopic (exact) mass is 372 g/mol. The number of anilines is 2. The second-order valence-electron chi connectivity index (χ2n) is 5.10. The van der Waals surface area contributed by atoms with Gasteiger partial charge in [-0.3, -0.25) is 9.78 Å². The summed E-state index contributed by atoms with van der Waals surface area (Å²) in [5.41, 5.74) is 5.39. The molecule has 7 nitrogen and oxygen atoms in total. The number of hydrogen-bond acceptors (Lipinski definition) is 5. The minimum atomic E-state index is -1.32. The highest BCUT2D eigenvalue weighted by Gasteiger charge is 2.13. The molecule has 0 aliphatic heterocycles. The molecule has 1 aromatic carbocycles. The Kier molecular flexibility index (Phi) is 6.48. The van der Waals surface area contributed by atoms with Crippen molar-refractivity contribution in [2.45, 2.75) is 0 Å². The molecule has 0 atom stereocenters. The number of nitrogens with zero attached hydrogens (tertiary/aromatic N) is 2. The summed E-state index contributed by atoms with van der Waals surface area (Å²) in [6.45, 7) is 0. The molecule has 9 heteroatoms. The number of nitrogens with two attached hydrogens (primary N) is 1. The Morgan fingerprint density at radius 1 is 1.04 bits per heavy atom. The standard InChI is InChI=1S/C12H8F2N2O2.C6H6N2O/c13-7-2-1-3-9(4-7)16-11-10(12(17)18)5-8(14)6-15-11;7-6(9)5-2-1-3-8-4-5/h1-6H,(H,15,16)(H,17,18);1-4H,(H2,7,9). The minimum Gasteiger partial charge on any atom is -0.478 e. The van der Waals surface area contributed by atoms with Gasteiger partial charge in [-0.1, -0.05) is 6.07 Å². The second kappa shape index (κ2) is 8.99. The van der Waals surface area contributed by atoms with Crippen molar-refractivity contribution in [2.24, 2.45) is 5.73 Å². The third kappa shape index (κ3) is 5.85. The van der Waals surface area contributed by atoms with E-state index in [1.165, 1.54) is 24.4 Å². The Morgan fingerprint density at radius 3 is 2.37 bits per heavy atom. The summed E-state index contributed by atoms with van der Waals surface area (Å²) in [7, 11) is 0. The summed E-state index contributed by atoms with van der Waals surface area (Å²) in [6.07, 6.45) is 3.91. The summed E-state index contributed by atoms with van der Waals surface area (Å²) in [5.74, 6) is -3.03. The van der Waals surface area contributed by atoms with E-state index >= 15 is 0 Å². The van der Waals surface area contributed by atoms with Crippen molar-refractivity contribution in [1.82, 2.24) is 9.97 Å². The number of primary amides is 1. The molecule has 0 radical (unpaired) electrons. The van der Waals surface area contributed by atoms with E-state index < -0.39 is 23.5 Å². The largest absolute Gasteiger partial charge is 0.478 e. The summed E-state index contributed by atoms with van der Waals surface area (Å²) >= 11 is 0. The average Bonchev–Trinajstić information content (AvgIpc) is 2.64. The zero-order valence-electron chi connectivity index (χ0n) is 13.8. The van der Waals surface area contributed by atoms with Crippen molar-refractivity contribution in [3.63, 3.8) is 0 Å². The topological polar surface area (TPSA) is 118 Å². The van der Waals surface area contributed by atoms with Crippen molar-refractivity contribution in [3.05, 3.63) is 83.8 Å². The van der Waals surface area contributed by atoms with Crippen LogP contribution >= 0.6 is 0 Å². The van der Waals surface area contributed by atoms with Gasteiger partial charge < -0.3 is 16.2 Å². The average molecular weight is 372 g/mol. The first-order valence-electron chi connectivity index (χ1n) is 7.48. The highest BCUT2D eigenvalue weighted by molar-refractivity contribution is 5.94. The number of carbonyl (C=O) groups is 2. The quantitative estimate of drug-likeness (QED) is 0.648. The summed E-state index contributed by atoms with van der Waals surface area (Å²) in [4.78, 5) is 28.6. The van der Waals surface area contributed by atoms with Crippen LogP contribution in [0.5, 0.6) is 0 Å². The van der Waals surface area contributed by atoms with Crippen molar-refractivity contribution in [3.8, 4) is 0 Å². The molecule has 0 spiro atoms. The van der Waals surface area contributed by atoms with Crippen molar-refractivity contribution < 1.29 is 23.5 Å². The number of halogens is 2. The molecule has 0 unspecified atom stereocenters. The lowest BCUT2D eigenvalue weighted by Crippen LogP contribution is -2.10. The molecule has 0 aliphatic carbocycles. The van der Waals surface area contributed by atoms with E-state index in [2.05, 4.69) is 15.3 Å². The van der Waals surface area contributed by atoms with E-state index in [1.807, 2.05) is 0 Å². The number of pyridine rings is 2. The lowest BCUT2D eigenvalue weighted by molar-refractivity contribution is 0.0696. The number of rotatable bonds is 4. The summed E-state index contributed by atoms with van der Waals surface area (Å²) in [5, 5.41) is 11.5. The molecule has 2 heterocycles. The van der Waals surface area contributed by atoms with Gasteiger partial charge in [0.15, 0.2) is 0 Å². The molecular weight excluding hydrogens is 358 g/mol. The number of carbonyl (C=O) groups excluding carboxylic acids is 1. The lowest BCUT2D eigenvalue weighted by atomic mass is 10.2. The Labute approximate surface area is 152 Å². The molecule has 0 saturated heterocycles. The first-order chi connectivity index (χ1) is 12.9. The number of amides is 1. The maximum absolute atomic E-state index is 13.0. The van der Waals surface area contributed by atoms with Gasteiger partial charge >= 0.3 is 5.97 Å². The number of nitrogens with one attached hydrogen (secondary N) is 1. The van der Waals surface area contributed by atoms with Gasteiger partial charge in [-0.15, -0.1) is 0 Å². The first-order valence-corrected chi connectivity index (χ1v) is 7.48. The lowest BCUT2D eigenvalue weighted by Gasteiger charge is -2.08. The van der Waals surface area contributed by atoms with Gasteiger partial charge in [0.05, 0.1) is 11.8 Å². The van der Waals surface area contributed by atoms with E-state index in [0.717, 1.165) is 12.3 Å². The Hall–Kier alpha value is -3.88. The van der Waals surface area contributed by atoms with Gasteiger partial charge in [-0.05, 0) is 36.4 Å². The Morgan fingerprint density at radius 2 is 1.81 bits per heavy atom. The maximum atomic E-state index is 13.0. The summed E-state index contributed by atoms with van der Waals surface area (Å²) in [6, 6.07) is 9.56. The highest BCUT2D eigenvalue weighted by atomic mass is 19.1. The zero-order chi connectivity index (χ0) is 19.8. The normalized spacial score (nSPS) is 9.70. The van der Waals surface area contributed by atoms with Gasteiger partial charge in [0.2, 0.25) is 5.91 Å².